The van der Waals surface area contributed by atoms with Crippen LogP contribution in [-0.2, 0) is 50.8 Å². The zero-order chi connectivity index (χ0) is 7.15. The van der Waals surface area contributed by atoms with Crippen LogP contribution in [0.1, 0.15) is 13.8 Å². The second-order valence-electron chi connectivity index (χ2n) is 1.04. The van der Waals surface area contributed by atoms with E-state index < -0.39 is 11.9 Å². The molecule has 0 bridgehead atoms. The fourth-order valence-electron chi connectivity index (χ4n) is 0. The van der Waals surface area contributed by atoms with Gasteiger partial charge in [0.05, 0.1) is 0 Å². The molecule has 4 nitrogen and oxygen atoms in total. The molecule has 0 aliphatic heterocycles. The van der Waals surface area contributed by atoms with Crippen LogP contribution in [-0.4, -0.2) is 22.2 Å². The minimum absolute atomic E-state index is 0. The number of halogens is 3. The van der Waals surface area contributed by atoms with Gasteiger partial charge in [0.15, 0.2) is 0 Å². The van der Waals surface area contributed by atoms with Crippen LogP contribution in [0.3, 0.4) is 0 Å². The number of carboxylic acids is 2. The van der Waals surface area contributed by atoms with Gasteiger partial charge in [0.2, 0.25) is 0 Å². The van der Waals surface area contributed by atoms with E-state index >= 15 is 0 Å². The van der Waals surface area contributed by atoms with Crippen molar-refractivity contribution in [1.82, 2.24) is 0 Å². The first-order valence-corrected chi connectivity index (χ1v) is 1.86. The van der Waals surface area contributed by atoms with E-state index in [2.05, 4.69) is 0 Å². The smallest absolute Gasteiger partial charge is 0.300 e. The Balaban J connectivity index is -0.00000000800. The summed E-state index contributed by atoms with van der Waals surface area (Å²) < 4.78 is 0. The van der Waals surface area contributed by atoms with E-state index in [0.717, 1.165) is 13.8 Å². The normalized spacial score (nSPS) is 3.85. The standard InChI is InChI=1S/2C2H4O2.3ClH.Ti.Zn/c2*1-2(3)4;;;;;/h2*1H3,(H,3,4);3*1H;;. The number of carbonyl (C=O) groups is 2. The van der Waals surface area contributed by atoms with Crippen molar-refractivity contribution in [2.45, 2.75) is 13.8 Å². The van der Waals surface area contributed by atoms with Crippen molar-refractivity contribution in [2.24, 2.45) is 0 Å². The van der Waals surface area contributed by atoms with Gasteiger partial charge < -0.3 is 10.2 Å². The Morgan fingerprint density at radius 3 is 0.846 bits per heavy atom. The second kappa shape index (κ2) is 38.0. The molecule has 13 heavy (non-hydrogen) atoms. The molecule has 0 unspecified atom stereocenters. The Hall–Kier alpha value is 1.15. The number of hydrogen-bond donors (Lipinski definition) is 2. The number of hydrogen-bond acceptors (Lipinski definition) is 2. The van der Waals surface area contributed by atoms with Crippen LogP contribution < -0.4 is 0 Å². The van der Waals surface area contributed by atoms with Crippen molar-refractivity contribution in [3.63, 3.8) is 0 Å². The van der Waals surface area contributed by atoms with Crippen LogP contribution in [0.2, 0.25) is 0 Å². The van der Waals surface area contributed by atoms with E-state index in [-0.39, 0.29) is 78.4 Å². The zero-order valence-corrected chi connectivity index (χ0v) is 14.1. The van der Waals surface area contributed by atoms with Gasteiger partial charge in [-0.1, -0.05) is 0 Å². The molecular formula is C4H11Cl3O4TiZn. The van der Waals surface area contributed by atoms with Crippen molar-refractivity contribution >= 4 is 49.2 Å². The van der Waals surface area contributed by atoms with Gasteiger partial charge in [-0.15, -0.1) is 37.2 Å². The molecule has 78 valence electrons. The Labute approximate surface area is 123 Å². The van der Waals surface area contributed by atoms with Gasteiger partial charge in [-0.25, -0.2) is 0 Å². The average Bonchev–Trinajstić information content (AvgIpc) is 1.25. The molecule has 0 amide bonds. The first-order chi connectivity index (χ1) is 3.46. The van der Waals surface area contributed by atoms with E-state index in [9.17, 15) is 0 Å². The van der Waals surface area contributed by atoms with Crippen molar-refractivity contribution in [3.8, 4) is 0 Å². The largest absolute Gasteiger partial charge is 0.481 e. The molecule has 0 atom stereocenters. The van der Waals surface area contributed by atoms with Gasteiger partial charge in [0, 0.05) is 55.0 Å². The third-order valence-electron chi connectivity index (χ3n) is 0. The molecule has 0 aromatic heterocycles. The first kappa shape index (κ1) is 47.9. The molecule has 0 spiro atoms. The molecular weight excluding hydrogens is 332 g/mol. The summed E-state index contributed by atoms with van der Waals surface area (Å²) in [4.78, 5) is 18.0. The van der Waals surface area contributed by atoms with Crippen LogP contribution in [0.15, 0.2) is 0 Å². The summed E-state index contributed by atoms with van der Waals surface area (Å²) in [6.07, 6.45) is 0. The summed E-state index contributed by atoms with van der Waals surface area (Å²) in [6.45, 7) is 2.17. The number of carboxylic acid groups (broad SMARTS) is 2. The predicted molar refractivity (Wildman–Crippen MR) is 48.4 cm³/mol. The van der Waals surface area contributed by atoms with E-state index in [4.69, 9.17) is 19.8 Å². The van der Waals surface area contributed by atoms with Crippen molar-refractivity contribution in [2.75, 3.05) is 0 Å². The summed E-state index contributed by atoms with van der Waals surface area (Å²) in [7, 11) is 0. The molecule has 0 rings (SSSR count). The van der Waals surface area contributed by atoms with Gasteiger partial charge in [-0.05, 0) is 0 Å². The van der Waals surface area contributed by atoms with Gasteiger partial charge in [-0.2, -0.15) is 0 Å². The molecule has 0 aliphatic carbocycles. The summed E-state index contributed by atoms with van der Waals surface area (Å²) in [5, 5.41) is 14.8. The molecule has 2 N–H and O–H groups in total. The third-order valence-corrected chi connectivity index (χ3v) is 0. The van der Waals surface area contributed by atoms with Crippen molar-refractivity contribution in [1.29, 1.82) is 0 Å². The van der Waals surface area contributed by atoms with Crippen LogP contribution >= 0.6 is 37.2 Å². The minimum Gasteiger partial charge on any atom is -0.481 e. The summed E-state index contributed by atoms with van der Waals surface area (Å²) in [5.41, 5.74) is 0. The molecule has 0 aliphatic rings. The summed E-state index contributed by atoms with van der Waals surface area (Å²) >= 11 is 0. The fourth-order valence-corrected chi connectivity index (χ4v) is 0. The Bertz CT molecular complexity index is 85.4. The first-order valence-electron chi connectivity index (χ1n) is 1.86. The SMILES string of the molecule is CC(=O)O.CC(=O)O.Cl.Cl.Cl.[Ti].[Zn]. The van der Waals surface area contributed by atoms with Crippen molar-refractivity contribution in [3.05, 3.63) is 0 Å². The van der Waals surface area contributed by atoms with Crippen LogP contribution in [0, 0.1) is 0 Å². The maximum Gasteiger partial charge on any atom is 0.300 e. The van der Waals surface area contributed by atoms with Crippen LogP contribution in [0.25, 0.3) is 0 Å². The zero-order valence-electron chi connectivity index (χ0n) is 7.14. The van der Waals surface area contributed by atoms with Crippen LogP contribution in [0.4, 0.5) is 0 Å². The quantitative estimate of drug-likeness (QED) is 0.653. The second-order valence-corrected chi connectivity index (χ2v) is 1.04. The van der Waals surface area contributed by atoms with E-state index in [1.807, 2.05) is 0 Å². The van der Waals surface area contributed by atoms with Gasteiger partial charge in [0.1, 0.15) is 0 Å². The molecule has 0 saturated heterocycles. The van der Waals surface area contributed by atoms with Gasteiger partial charge >= 0.3 is 0 Å². The van der Waals surface area contributed by atoms with E-state index in [1.165, 1.54) is 0 Å². The maximum absolute atomic E-state index is 9.00. The Morgan fingerprint density at radius 2 is 0.846 bits per heavy atom. The molecule has 0 heterocycles. The molecule has 0 aromatic rings. The van der Waals surface area contributed by atoms with Crippen molar-refractivity contribution < 1.29 is 61.0 Å². The van der Waals surface area contributed by atoms with E-state index in [1.54, 1.807) is 0 Å². The average molecular weight is 343 g/mol. The Kier molecular flexibility index (Phi) is 140. The molecule has 0 saturated carbocycles. The third kappa shape index (κ3) is 1240. The molecule has 0 fully saturated rings. The Morgan fingerprint density at radius 1 is 0.846 bits per heavy atom. The van der Waals surface area contributed by atoms with Gasteiger partial charge in [0.25, 0.3) is 11.9 Å². The topological polar surface area (TPSA) is 74.6 Å². The van der Waals surface area contributed by atoms with E-state index in [0.29, 0.717) is 0 Å². The summed E-state index contributed by atoms with van der Waals surface area (Å²) in [6, 6.07) is 0. The summed E-state index contributed by atoms with van der Waals surface area (Å²) in [5.74, 6) is -1.67. The monoisotopic (exact) mass is 340 g/mol. The molecule has 0 radical (unpaired) electrons. The maximum atomic E-state index is 9.00. The predicted octanol–water partition coefficient (Wildman–Crippen LogP) is 1.44. The number of aliphatic carboxylic acids is 2. The molecule has 9 heteroatoms. The minimum atomic E-state index is -0.833. The molecule has 0 aromatic carbocycles. The fraction of sp³-hybridized carbons (Fsp3) is 0.500. The van der Waals surface area contributed by atoms with Gasteiger partial charge in [-0.3, -0.25) is 9.59 Å². The number of rotatable bonds is 0. The van der Waals surface area contributed by atoms with Crippen LogP contribution in [0.5, 0.6) is 0 Å².